The molecule has 194 valence electrons. The Morgan fingerprint density at radius 1 is 0.711 bits per heavy atom. The maximum absolute atomic E-state index is 12.3. The van der Waals surface area contributed by atoms with Gasteiger partial charge in [0.25, 0.3) is 0 Å². The number of hydrogen-bond acceptors (Lipinski definition) is 6. The zero-order valence-electron chi connectivity index (χ0n) is 22.4. The normalized spacial score (nSPS) is 11.1. The van der Waals surface area contributed by atoms with Crippen molar-refractivity contribution in [2.24, 2.45) is 0 Å². The van der Waals surface area contributed by atoms with Crippen LogP contribution in [0.25, 0.3) is 32.4 Å². The van der Waals surface area contributed by atoms with Gasteiger partial charge in [-0.15, -0.1) is 0 Å². The fourth-order valence-corrected chi connectivity index (χ4v) is 5.12. The van der Waals surface area contributed by atoms with Gasteiger partial charge >= 0.3 is 5.97 Å². The van der Waals surface area contributed by atoms with Crippen LogP contribution >= 0.6 is 0 Å². The van der Waals surface area contributed by atoms with Gasteiger partial charge in [-0.1, -0.05) is 30.3 Å². The predicted octanol–water partition coefficient (Wildman–Crippen LogP) is 5.75. The van der Waals surface area contributed by atoms with E-state index in [2.05, 4.69) is 23.6 Å². The summed E-state index contributed by atoms with van der Waals surface area (Å²) in [6.07, 6.45) is 0. The number of nitrogens with zero attached hydrogens (tertiary/aromatic N) is 1. The molecule has 0 aliphatic heterocycles. The van der Waals surface area contributed by atoms with Crippen LogP contribution in [0.15, 0.2) is 60.7 Å². The number of carbonyl (C=O) groups is 1. The van der Waals surface area contributed by atoms with Crippen molar-refractivity contribution in [3.8, 4) is 28.7 Å². The lowest BCUT2D eigenvalue weighted by Crippen LogP contribution is -2.39. The van der Waals surface area contributed by atoms with Crippen LogP contribution in [0.3, 0.4) is 0 Å². The number of ether oxygens (including phenoxy) is 5. The SMILES string of the molecule is COc1cc2cc(OC(C)=O)c3c4cc(OC)c(OC)cc4c(C)[n+](Cc4ccccc4)c3c2cc1OC. The number of aromatic nitrogens is 1. The van der Waals surface area contributed by atoms with E-state index in [-0.39, 0.29) is 0 Å². The lowest BCUT2D eigenvalue weighted by Gasteiger charge is -2.17. The molecule has 1 aromatic heterocycles. The van der Waals surface area contributed by atoms with Gasteiger partial charge in [0.1, 0.15) is 5.75 Å². The molecule has 0 spiro atoms. The van der Waals surface area contributed by atoms with Gasteiger partial charge in [-0.3, -0.25) is 4.79 Å². The van der Waals surface area contributed by atoms with Gasteiger partial charge < -0.3 is 23.7 Å². The minimum atomic E-state index is -0.407. The monoisotopic (exact) mass is 512 g/mol. The lowest BCUT2D eigenvalue weighted by atomic mass is 9.97. The Morgan fingerprint density at radius 3 is 1.82 bits per heavy atom. The van der Waals surface area contributed by atoms with E-state index in [9.17, 15) is 4.79 Å². The number of rotatable bonds is 7. The Bertz CT molecular complexity index is 1690. The van der Waals surface area contributed by atoms with Gasteiger partial charge in [-0.25, -0.2) is 0 Å². The second-order valence-corrected chi connectivity index (χ2v) is 9.03. The summed E-state index contributed by atoms with van der Waals surface area (Å²) in [6.45, 7) is 4.09. The molecule has 0 aliphatic carbocycles. The molecule has 7 heteroatoms. The van der Waals surface area contributed by atoms with E-state index < -0.39 is 5.97 Å². The van der Waals surface area contributed by atoms with E-state index in [1.54, 1.807) is 28.4 Å². The van der Waals surface area contributed by atoms with Crippen LogP contribution in [0.2, 0.25) is 0 Å². The van der Waals surface area contributed by atoms with E-state index in [1.165, 1.54) is 6.92 Å². The first-order chi connectivity index (χ1) is 18.4. The third-order valence-electron chi connectivity index (χ3n) is 6.88. The zero-order valence-corrected chi connectivity index (χ0v) is 22.4. The van der Waals surface area contributed by atoms with Crippen LogP contribution in [0.1, 0.15) is 18.2 Å². The van der Waals surface area contributed by atoms with Gasteiger partial charge in [0, 0.05) is 24.8 Å². The van der Waals surface area contributed by atoms with Crippen LogP contribution in [-0.2, 0) is 11.3 Å². The minimum Gasteiger partial charge on any atom is -0.493 e. The first-order valence-corrected chi connectivity index (χ1v) is 12.2. The fraction of sp³-hybridized carbons (Fsp3) is 0.226. The van der Waals surface area contributed by atoms with Gasteiger partial charge in [0.2, 0.25) is 5.52 Å². The first-order valence-electron chi connectivity index (χ1n) is 12.2. The summed E-state index contributed by atoms with van der Waals surface area (Å²) >= 11 is 0. The summed E-state index contributed by atoms with van der Waals surface area (Å²) in [7, 11) is 6.45. The number of methoxy groups -OCH3 is 4. The predicted molar refractivity (Wildman–Crippen MR) is 147 cm³/mol. The summed E-state index contributed by atoms with van der Waals surface area (Å²) in [5.41, 5.74) is 3.06. The Labute approximate surface area is 221 Å². The quantitative estimate of drug-likeness (QED) is 0.120. The van der Waals surface area contributed by atoms with Crippen LogP contribution in [0.5, 0.6) is 28.7 Å². The number of aryl methyl sites for hydroxylation is 1. The third kappa shape index (κ3) is 4.20. The molecule has 0 atom stereocenters. The van der Waals surface area contributed by atoms with E-state index >= 15 is 0 Å². The average molecular weight is 513 g/mol. The third-order valence-corrected chi connectivity index (χ3v) is 6.88. The Hall–Kier alpha value is -4.52. The molecule has 0 amide bonds. The molecule has 0 saturated carbocycles. The largest absolute Gasteiger partial charge is 0.493 e. The molecule has 0 N–H and O–H groups in total. The highest BCUT2D eigenvalue weighted by atomic mass is 16.5. The maximum Gasteiger partial charge on any atom is 0.308 e. The summed E-state index contributed by atoms with van der Waals surface area (Å²) in [4.78, 5) is 12.3. The minimum absolute atomic E-state index is 0.407. The molecular formula is C31H30NO6+. The number of hydrogen-bond donors (Lipinski definition) is 0. The molecule has 0 bridgehead atoms. The van der Waals surface area contributed by atoms with E-state index in [1.807, 2.05) is 48.5 Å². The smallest absolute Gasteiger partial charge is 0.308 e. The fourth-order valence-electron chi connectivity index (χ4n) is 5.12. The van der Waals surface area contributed by atoms with Gasteiger partial charge in [0.05, 0.1) is 44.6 Å². The maximum atomic E-state index is 12.3. The van der Waals surface area contributed by atoms with E-state index in [0.717, 1.165) is 43.7 Å². The molecule has 0 radical (unpaired) electrons. The molecule has 0 aliphatic rings. The number of benzene rings is 4. The van der Waals surface area contributed by atoms with Crippen molar-refractivity contribution in [3.05, 3.63) is 71.9 Å². The second-order valence-electron chi connectivity index (χ2n) is 9.03. The Morgan fingerprint density at radius 2 is 1.24 bits per heavy atom. The lowest BCUT2D eigenvalue weighted by molar-refractivity contribution is -0.666. The van der Waals surface area contributed by atoms with Gasteiger partial charge in [-0.05, 0) is 35.7 Å². The molecule has 5 rings (SSSR count). The number of esters is 1. The van der Waals surface area contributed by atoms with Crippen molar-refractivity contribution >= 4 is 38.4 Å². The standard InChI is InChI=1S/C31H30NO6/c1-18-22-14-26(35-4)28(37-6)16-24(22)30-29(38-19(2)33)13-21-12-25(34-3)27(36-5)15-23(21)31(30)32(18)17-20-10-8-7-9-11-20/h7-16H,17H2,1-6H3/q+1. The second kappa shape index (κ2) is 10.1. The molecule has 7 nitrogen and oxygen atoms in total. The molecule has 1 heterocycles. The summed E-state index contributed by atoms with van der Waals surface area (Å²) < 4.78 is 30.7. The summed E-state index contributed by atoms with van der Waals surface area (Å²) in [6, 6.07) is 19.9. The van der Waals surface area contributed by atoms with Crippen molar-refractivity contribution in [3.63, 3.8) is 0 Å². The van der Waals surface area contributed by atoms with Crippen LogP contribution in [0.4, 0.5) is 0 Å². The average Bonchev–Trinajstić information content (AvgIpc) is 2.93. The zero-order chi connectivity index (χ0) is 27.0. The van der Waals surface area contributed by atoms with Crippen molar-refractivity contribution in [2.75, 3.05) is 28.4 Å². The van der Waals surface area contributed by atoms with Crippen LogP contribution < -0.4 is 28.3 Å². The molecule has 0 fully saturated rings. The number of fused-ring (bicyclic) bond motifs is 5. The summed E-state index contributed by atoms with van der Waals surface area (Å²) in [5.74, 6) is 2.45. The molecule has 0 unspecified atom stereocenters. The van der Waals surface area contributed by atoms with Crippen molar-refractivity contribution in [1.82, 2.24) is 0 Å². The van der Waals surface area contributed by atoms with E-state index in [4.69, 9.17) is 23.7 Å². The topological polar surface area (TPSA) is 67.1 Å². The number of pyridine rings is 1. The van der Waals surface area contributed by atoms with Crippen LogP contribution in [-0.4, -0.2) is 34.4 Å². The van der Waals surface area contributed by atoms with Crippen molar-refractivity contribution in [2.45, 2.75) is 20.4 Å². The highest BCUT2D eigenvalue weighted by Gasteiger charge is 2.28. The van der Waals surface area contributed by atoms with Gasteiger partial charge in [0.15, 0.2) is 35.2 Å². The molecule has 4 aromatic carbocycles. The summed E-state index contributed by atoms with van der Waals surface area (Å²) in [5, 5.41) is 4.42. The van der Waals surface area contributed by atoms with E-state index in [0.29, 0.717) is 35.3 Å². The Balaban J connectivity index is 2.05. The highest BCUT2D eigenvalue weighted by Crippen LogP contribution is 2.44. The van der Waals surface area contributed by atoms with Crippen LogP contribution in [0, 0.1) is 6.92 Å². The first kappa shape index (κ1) is 25.1. The van der Waals surface area contributed by atoms with Gasteiger partial charge in [-0.2, -0.15) is 4.57 Å². The molecule has 5 aromatic rings. The van der Waals surface area contributed by atoms with Crippen molar-refractivity contribution in [1.29, 1.82) is 0 Å². The molecular weight excluding hydrogens is 482 g/mol. The van der Waals surface area contributed by atoms with Crippen molar-refractivity contribution < 1.29 is 33.0 Å². The number of carbonyl (C=O) groups excluding carboxylic acids is 1. The molecule has 0 saturated heterocycles. The molecule has 38 heavy (non-hydrogen) atoms. The highest BCUT2D eigenvalue weighted by molar-refractivity contribution is 6.18. The Kier molecular flexibility index (Phi) is 6.68.